The molecule has 4 nitrogen and oxygen atoms in total. The minimum atomic E-state index is -0.291. The van der Waals surface area contributed by atoms with Gasteiger partial charge in [-0.15, -0.1) is 0 Å². The van der Waals surface area contributed by atoms with Crippen LogP contribution in [0, 0.1) is 5.41 Å². The van der Waals surface area contributed by atoms with Gasteiger partial charge in [0.1, 0.15) is 6.29 Å². The number of hydrogen-bond donors (Lipinski definition) is 0. The van der Waals surface area contributed by atoms with E-state index >= 15 is 0 Å². The number of hydrogen-bond acceptors (Lipinski definition) is 4. The molecule has 96 valence electrons. The molecule has 0 radical (unpaired) electrons. The Morgan fingerprint density at radius 1 is 1.12 bits per heavy atom. The van der Waals surface area contributed by atoms with Gasteiger partial charge in [0.25, 0.3) is 0 Å². The zero-order valence-electron chi connectivity index (χ0n) is 11.0. The third kappa shape index (κ3) is 7.79. The molecule has 0 aromatic heterocycles. The van der Waals surface area contributed by atoms with E-state index in [0.717, 1.165) is 38.9 Å². The van der Waals surface area contributed by atoms with Gasteiger partial charge in [-0.25, -0.2) is 0 Å². The summed E-state index contributed by atoms with van der Waals surface area (Å²) in [4.78, 5) is 13.1. The van der Waals surface area contributed by atoms with Crippen molar-refractivity contribution in [2.24, 2.45) is 5.41 Å². The summed E-state index contributed by atoms with van der Waals surface area (Å²) >= 11 is 0. The first kappa shape index (κ1) is 15.6. The molecule has 0 aliphatic rings. The number of rotatable bonds is 10. The average molecular weight is 231 g/mol. The van der Waals surface area contributed by atoms with Gasteiger partial charge in [-0.2, -0.15) is 0 Å². The molecule has 0 fully saturated rings. The molecule has 0 rings (SSSR count). The summed E-state index contributed by atoms with van der Waals surface area (Å²) in [6.45, 7) is 7.93. The van der Waals surface area contributed by atoms with Crippen molar-refractivity contribution in [2.75, 3.05) is 47.1 Å². The van der Waals surface area contributed by atoms with E-state index in [4.69, 9.17) is 9.47 Å². The lowest BCUT2D eigenvalue weighted by atomic mass is 9.95. The van der Waals surface area contributed by atoms with Gasteiger partial charge in [0, 0.05) is 45.9 Å². The van der Waals surface area contributed by atoms with E-state index in [2.05, 4.69) is 4.90 Å². The predicted molar refractivity (Wildman–Crippen MR) is 64.7 cm³/mol. The van der Waals surface area contributed by atoms with Crippen molar-refractivity contribution in [1.29, 1.82) is 0 Å². The Balaban J connectivity index is 4.03. The molecule has 0 aromatic rings. The summed E-state index contributed by atoms with van der Waals surface area (Å²) < 4.78 is 10.1. The smallest absolute Gasteiger partial charge is 0.126 e. The molecule has 16 heavy (non-hydrogen) atoms. The van der Waals surface area contributed by atoms with E-state index < -0.39 is 0 Å². The van der Waals surface area contributed by atoms with E-state index in [1.54, 1.807) is 14.2 Å². The van der Waals surface area contributed by atoms with Crippen LogP contribution < -0.4 is 0 Å². The first-order chi connectivity index (χ1) is 7.55. The minimum Gasteiger partial charge on any atom is -0.385 e. The maximum atomic E-state index is 10.9. The second-order valence-corrected chi connectivity index (χ2v) is 4.72. The molecular formula is C12H25NO3. The third-order valence-corrected chi connectivity index (χ3v) is 2.38. The molecule has 4 heteroatoms. The quantitative estimate of drug-likeness (QED) is 0.418. The standard InChI is InChI=1S/C12H25NO3/c1-12(2,11-14)10-13(7-9-16-4)6-5-8-15-3/h11H,5-10H2,1-4H3. The lowest BCUT2D eigenvalue weighted by molar-refractivity contribution is -0.115. The van der Waals surface area contributed by atoms with E-state index in [0.29, 0.717) is 6.61 Å². The summed E-state index contributed by atoms with van der Waals surface area (Å²) in [5, 5.41) is 0. The molecule has 0 amide bonds. The molecule has 0 saturated heterocycles. The third-order valence-electron chi connectivity index (χ3n) is 2.38. The van der Waals surface area contributed by atoms with E-state index in [-0.39, 0.29) is 5.41 Å². The molecular weight excluding hydrogens is 206 g/mol. The summed E-state index contributed by atoms with van der Waals surface area (Å²) in [6.07, 6.45) is 2.00. The molecule has 0 unspecified atom stereocenters. The summed E-state index contributed by atoms with van der Waals surface area (Å²) in [7, 11) is 3.40. The van der Waals surface area contributed by atoms with Crippen molar-refractivity contribution in [3.05, 3.63) is 0 Å². The second kappa shape index (κ2) is 8.67. The number of aldehydes is 1. The molecule has 0 heterocycles. The number of ether oxygens (including phenoxy) is 2. The Morgan fingerprint density at radius 3 is 2.25 bits per heavy atom. The highest BCUT2D eigenvalue weighted by Crippen LogP contribution is 2.13. The van der Waals surface area contributed by atoms with Crippen molar-refractivity contribution in [1.82, 2.24) is 4.90 Å². The molecule has 0 N–H and O–H groups in total. The minimum absolute atomic E-state index is 0.291. The number of carbonyl (C=O) groups excluding carboxylic acids is 1. The highest BCUT2D eigenvalue weighted by Gasteiger charge is 2.20. The fourth-order valence-electron chi connectivity index (χ4n) is 1.54. The van der Waals surface area contributed by atoms with Crippen LogP contribution in [0.1, 0.15) is 20.3 Å². The van der Waals surface area contributed by atoms with Crippen molar-refractivity contribution in [3.8, 4) is 0 Å². The maximum absolute atomic E-state index is 10.9. The van der Waals surface area contributed by atoms with Crippen LogP contribution >= 0.6 is 0 Å². The predicted octanol–water partition coefficient (Wildman–Crippen LogP) is 1.20. The van der Waals surface area contributed by atoms with Gasteiger partial charge in [-0.3, -0.25) is 0 Å². The number of nitrogens with zero attached hydrogens (tertiary/aromatic N) is 1. The SMILES string of the molecule is COCCCN(CCOC)CC(C)(C)C=O. The van der Waals surface area contributed by atoms with Gasteiger partial charge in [-0.1, -0.05) is 13.8 Å². The van der Waals surface area contributed by atoms with E-state index in [1.807, 2.05) is 13.8 Å². The molecule has 0 spiro atoms. The fraction of sp³-hybridized carbons (Fsp3) is 0.917. The van der Waals surface area contributed by atoms with Crippen molar-refractivity contribution in [2.45, 2.75) is 20.3 Å². The second-order valence-electron chi connectivity index (χ2n) is 4.72. The summed E-state index contributed by atoms with van der Waals surface area (Å²) in [5.41, 5.74) is -0.291. The Bertz CT molecular complexity index is 183. The van der Waals surface area contributed by atoms with Gasteiger partial charge in [0.2, 0.25) is 0 Å². The normalized spacial score (nSPS) is 12.1. The van der Waals surface area contributed by atoms with Crippen molar-refractivity contribution >= 4 is 6.29 Å². The van der Waals surface area contributed by atoms with Gasteiger partial charge in [0.15, 0.2) is 0 Å². The first-order valence-corrected chi connectivity index (χ1v) is 5.72. The van der Waals surface area contributed by atoms with Crippen LogP contribution in [0.15, 0.2) is 0 Å². The van der Waals surface area contributed by atoms with Crippen LogP contribution in [-0.4, -0.2) is 58.3 Å². The van der Waals surface area contributed by atoms with Crippen LogP contribution in [0.25, 0.3) is 0 Å². The summed E-state index contributed by atoms with van der Waals surface area (Å²) in [6, 6.07) is 0. The average Bonchev–Trinajstić information content (AvgIpc) is 2.25. The fourth-order valence-corrected chi connectivity index (χ4v) is 1.54. The van der Waals surface area contributed by atoms with Crippen LogP contribution in [0.3, 0.4) is 0 Å². The monoisotopic (exact) mass is 231 g/mol. The Hall–Kier alpha value is -0.450. The lowest BCUT2D eigenvalue weighted by Crippen LogP contribution is -2.38. The molecule has 0 saturated carbocycles. The van der Waals surface area contributed by atoms with Crippen LogP contribution in [0.4, 0.5) is 0 Å². The lowest BCUT2D eigenvalue weighted by Gasteiger charge is -2.28. The molecule has 0 aliphatic heterocycles. The van der Waals surface area contributed by atoms with Crippen LogP contribution in [-0.2, 0) is 14.3 Å². The summed E-state index contributed by atoms with van der Waals surface area (Å²) in [5.74, 6) is 0. The number of carbonyl (C=O) groups is 1. The van der Waals surface area contributed by atoms with Crippen LogP contribution in [0.2, 0.25) is 0 Å². The first-order valence-electron chi connectivity index (χ1n) is 5.72. The zero-order valence-corrected chi connectivity index (χ0v) is 11.0. The van der Waals surface area contributed by atoms with E-state index in [1.165, 1.54) is 0 Å². The Labute approximate surface area is 98.9 Å². The zero-order chi connectivity index (χ0) is 12.4. The van der Waals surface area contributed by atoms with Gasteiger partial charge in [-0.05, 0) is 6.42 Å². The molecule has 0 aromatic carbocycles. The van der Waals surface area contributed by atoms with E-state index in [9.17, 15) is 4.79 Å². The van der Waals surface area contributed by atoms with Gasteiger partial charge in [0.05, 0.1) is 6.61 Å². The highest BCUT2D eigenvalue weighted by molar-refractivity contribution is 5.58. The van der Waals surface area contributed by atoms with Gasteiger partial charge >= 0.3 is 0 Å². The maximum Gasteiger partial charge on any atom is 0.126 e. The van der Waals surface area contributed by atoms with Gasteiger partial charge < -0.3 is 19.2 Å². The largest absolute Gasteiger partial charge is 0.385 e. The molecule has 0 aliphatic carbocycles. The number of methoxy groups -OCH3 is 2. The molecule has 0 bridgehead atoms. The topological polar surface area (TPSA) is 38.8 Å². The van der Waals surface area contributed by atoms with Crippen LogP contribution in [0.5, 0.6) is 0 Å². The van der Waals surface area contributed by atoms with Crippen molar-refractivity contribution in [3.63, 3.8) is 0 Å². The highest BCUT2D eigenvalue weighted by atomic mass is 16.5. The Morgan fingerprint density at radius 2 is 1.75 bits per heavy atom. The Kier molecular flexibility index (Phi) is 8.43. The molecule has 0 atom stereocenters. The van der Waals surface area contributed by atoms with Crippen molar-refractivity contribution < 1.29 is 14.3 Å².